The van der Waals surface area contributed by atoms with Crippen LogP contribution in [0.2, 0.25) is 5.02 Å². The average Bonchev–Trinajstić information content (AvgIpc) is 2.33. The Labute approximate surface area is 111 Å². The van der Waals surface area contributed by atoms with Gasteiger partial charge < -0.3 is 5.73 Å². The first-order chi connectivity index (χ1) is 8.56. The number of benzene rings is 1. The lowest BCUT2D eigenvalue weighted by molar-refractivity contribution is -0.123. The van der Waals surface area contributed by atoms with Crippen LogP contribution in [-0.2, 0) is 11.3 Å². The summed E-state index contributed by atoms with van der Waals surface area (Å²) in [5, 5.41) is 0.406. The summed E-state index contributed by atoms with van der Waals surface area (Å²) >= 11 is 5.71. The van der Waals surface area contributed by atoms with Gasteiger partial charge in [-0.2, -0.15) is 0 Å². The smallest absolute Gasteiger partial charge is 0.220 e. The zero-order valence-corrected chi connectivity index (χ0v) is 10.8. The molecule has 0 radical (unpaired) electrons. The topological polar surface area (TPSA) is 46.3 Å². The van der Waals surface area contributed by atoms with Crippen LogP contribution < -0.4 is 5.73 Å². The minimum atomic E-state index is -0.278. The molecular formula is C13H16ClFN2O. The van der Waals surface area contributed by atoms with Crippen molar-refractivity contribution in [3.63, 3.8) is 0 Å². The molecule has 98 valence electrons. The van der Waals surface area contributed by atoms with Gasteiger partial charge in [-0.1, -0.05) is 17.7 Å². The second kappa shape index (κ2) is 5.67. The Balaban J connectivity index is 1.93. The lowest BCUT2D eigenvalue weighted by Gasteiger charge is -2.30. The molecule has 1 aliphatic heterocycles. The molecule has 2 rings (SSSR count). The van der Waals surface area contributed by atoms with Crippen molar-refractivity contribution in [2.45, 2.75) is 19.4 Å². The van der Waals surface area contributed by atoms with E-state index >= 15 is 0 Å². The standard InChI is InChI=1S/C13H16ClFN2O/c14-11-2-1-10(12(15)7-11)8-17-5-3-9(4-6-17)13(16)18/h1-2,7,9H,3-6,8H2,(H2,16,18). The maximum atomic E-state index is 13.6. The average molecular weight is 271 g/mol. The number of primary amides is 1. The predicted molar refractivity (Wildman–Crippen MR) is 68.6 cm³/mol. The quantitative estimate of drug-likeness (QED) is 0.915. The van der Waals surface area contributed by atoms with Crippen LogP contribution in [0.4, 0.5) is 4.39 Å². The molecule has 18 heavy (non-hydrogen) atoms. The highest BCUT2D eigenvalue weighted by Gasteiger charge is 2.23. The molecule has 0 spiro atoms. The molecular weight excluding hydrogens is 255 g/mol. The van der Waals surface area contributed by atoms with Crippen molar-refractivity contribution in [2.75, 3.05) is 13.1 Å². The summed E-state index contributed by atoms with van der Waals surface area (Å²) in [6.07, 6.45) is 1.51. The first kappa shape index (κ1) is 13.3. The van der Waals surface area contributed by atoms with Crippen LogP contribution in [-0.4, -0.2) is 23.9 Å². The number of rotatable bonds is 3. The number of hydrogen-bond acceptors (Lipinski definition) is 2. The number of halogens is 2. The molecule has 0 unspecified atom stereocenters. The number of nitrogens with two attached hydrogens (primary N) is 1. The van der Waals surface area contributed by atoms with Crippen molar-refractivity contribution in [3.8, 4) is 0 Å². The van der Waals surface area contributed by atoms with Gasteiger partial charge in [-0.15, -0.1) is 0 Å². The number of nitrogens with zero attached hydrogens (tertiary/aromatic N) is 1. The molecule has 1 fully saturated rings. The van der Waals surface area contributed by atoms with Gasteiger partial charge in [-0.3, -0.25) is 9.69 Å². The van der Waals surface area contributed by atoms with Crippen LogP contribution in [0.5, 0.6) is 0 Å². The molecule has 1 saturated heterocycles. The van der Waals surface area contributed by atoms with Gasteiger partial charge in [0.2, 0.25) is 5.91 Å². The molecule has 1 aromatic carbocycles. The van der Waals surface area contributed by atoms with Crippen molar-refractivity contribution in [2.24, 2.45) is 11.7 Å². The van der Waals surface area contributed by atoms with E-state index in [0.29, 0.717) is 17.1 Å². The Morgan fingerprint density at radius 3 is 2.67 bits per heavy atom. The van der Waals surface area contributed by atoms with Gasteiger partial charge in [0.05, 0.1) is 0 Å². The van der Waals surface area contributed by atoms with Crippen molar-refractivity contribution >= 4 is 17.5 Å². The summed E-state index contributed by atoms with van der Waals surface area (Å²) in [5.41, 5.74) is 5.91. The maximum Gasteiger partial charge on any atom is 0.220 e. The molecule has 0 saturated carbocycles. The van der Waals surface area contributed by atoms with Crippen molar-refractivity contribution < 1.29 is 9.18 Å². The Bertz CT molecular complexity index is 445. The van der Waals surface area contributed by atoms with Gasteiger partial charge in [0.1, 0.15) is 5.82 Å². The highest BCUT2D eigenvalue weighted by Crippen LogP contribution is 2.21. The lowest BCUT2D eigenvalue weighted by Crippen LogP contribution is -2.38. The predicted octanol–water partition coefficient (Wildman–Crippen LogP) is 2.18. The molecule has 1 aliphatic rings. The molecule has 0 atom stereocenters. The molecule has 1 amide bonds. The number of carbonyl (C=O) groups excluding carboxylic acids is 1. The Morgan fingerprint density at radius 2 is 2.11 bits per heavy atom. The Kier molecular flexibility index (Phi) is 4.19. The van der Waals surface area contributed by atoms with Crippen molar-refractivity contribution in [1.29, 1.82) is 0 Å². The Morgan fingerprint density at radius 1 is 1.44 bits per heavy atom. The van der Waals surface area contributed by atoms with Crippen LogP contribution in [0.25, 0.3) is 0 Å². The van der Waals surface area contributed by atoms with E-state index in [0.717, 1.165) is 25.9 Å². The fraction of sp³-hybridized carbons (Fsp3) is 0.462. The van der Waals surface area contributed by atoms with Gasteiger partial charge >= 0.3 is 0 Å². The van der Waals surface area contributed by atoms with E-state index in [1.165, 1.54) is 6.07 Å². The molecule has 2 N–H and O–H groups in total. The fourth-order valence-electron chi connectivity index (χ4n) is 2.27. The summed E-state index contributed by atoms with van der Waals surface area (Å²) in [7, 11) is 0. The number of piperidine rings is 1. The van der Waals surface area contributed by atoms with Crippen LogP contribution in [0.3, 0.4) is 0 Å². The third-order valence-electron chi connectivity index (χ3n) is 3.40. The molecule has 0 aromatic heterocycles. The van der Waals surface area contributed by atoms with Gasteiger partial charge in [-0.25, -0.2) is 4.39 Å². The van der Waals surface area contributed by atoms with Crippen LogP contribution in [0, 0.1) is 11.7 Å². The highest BCUT2D eigenvalue weighted by molar-refractivity contribution is 6.30. The summed E-state index contributed by atoms with van der Waals surface area (Å²) < 4.78 is 13.6. The minimum Gasteiger partial charge on any atom is -0.369 e. The lowest BCUT2D eigenvalue weighted by atomic mass is 9.96. The zero-order valence-electron chi connectivity index (χ0n) is 10.0. The summed E-state index contributed by atoms with van der Waals surface area (Å²) in [5.74, 6) is -0.539. The van der Waals surface area contributed by atoms with Crippen molar-refractivity contribution in [3.05, 3.63) is 34.6 Å². The molecule has 1 heterocycles. The Hall–Kier alpha value is -1.13. The number of likely N-dealkylation sites (tertiary alicyclic amines) is 1. The SMILES string of the molecule is NC(=O)C1CCN(Cc2ccc(Cl)cc2F)CC1. The molecule has 0 bridgehead atoms. The molecule has 3 nitrogen and oxygen atoms in total. The summed E-state index contributed by atoms with van der Waals surface area (Å²) in [6.45, 7) is 2.10. The largest absolute Gasteiger partial charge is 0.369 e. The third-order valence-corrected chi connectivity index (χ3v) is 3.63. The van der Waals surface area contributed by atoms with E-state index in [2.05, 4.69) is 4.90 Å². The van der Waals surface area contributed by atoms with Gasteiger partial charge in [0.25, 0.3) is 0 Å². The van der Waals surface area contributed by atoms with Gasteiger partial charge in [-0.05, 0) is 38.1 Å². The van der Waals surface area contributed by atoms with E-state index in [9.17, 15) is 9.18 Å². The first-order valence-corrected chi connectivity index (χ1v) is 6.39. The monoisotopic (exact) mass is 270 g/mol. The molecule has 1 aromatic rings. The van der Waals surface area contributed by atoms with E-state index in [1.54, 1.807) is 12.1 Å². The van der Waals surface area contributed by atoms with Crippen molar-refractivity contribution in [1.82, 2.24) is 4.90 Å². The van der Waals surface area contributed by atoms with Crippen LogP contribution >= 0.6 is 11.6 Å². The molecule has 5 heteroatoms. The number of carbonyl (C=O) groups is 1. The summed E-state index contributed by atoms with van der Waals surface area (Å²) in [6, 6.07) is 4.72. The number of amides is 1. The van der Waals surface area contributed by atoms with E-state index in [-0.39, 0.29) is 17.6 Å². The number of hydrogen-bond donors (Lipinski definition) is 1. The van der Waals surface area contributed by atoms with Gasteiger partial charge in [0, 0.05) is 23.0 Å². The second-order valence-corrected chi connectivity index (χ2v) is 5.12. The van der Waals surface area contributed by atoms with Gasteiger partial charge in [0.15, 0.2) is 0 Å². The summed E-state index contributed by atoms with van der Waals surface area (Å²) in [4.78, 5) is 13.2. The van der Waals surface area contributed by atoms with E-state index in [1.807, 2.05) is 0 Å². The second-order valence-electron chi connectivity index (χ2n) is 4.69. The molecule has 0 aliphatic carbocycles. The normalized spacial score (nSPS) is 17.9. The van der Waals surface area contributed by atoms with E-state index < -0.39 is 0 Å². The van der Waals surface area contributed by atoms with E-state index in [4.69, 9.17) is 17.3 Å². The minimum absolute atomic E-state index is 0.0312. The van der Waals surface area contributed by atoms with Crippen LogP contribution in [0.1, 0.15) is 18.4 Å². The highest BCUT2D eigenvalue weighted by atomic mass is 35.5. The van der Waals surface area contributed by atoms with Crippen LogP contribution in [0.15, 0.2) is 18.2 Å². The third kappa shape index (κ3) is 3.21. The zero-order chi connectivity index (χ0) is 13.1. The first-order valence-electron chi connectivity index (χ1n) is 6.02. The fourth-order valence-corrected chi connectivity index (χ4v) is 2.43. The maximum absolute atomic E-state index is 13.6.